The molecule has 1 unspecified atom stereocenters. The molecule has 0 aliphatic heterocycles. The van der Waals surface area contributed by atoms with Crippen LogP contribution in [0.4, 0.5) is 0 Å². The maximum atomic E-state index is 6.08. The maximum absolute atomic E-state index is 6.08. The van der Waals surface area contributed by atoms with Gasteiger partial charge in [0, 0.05) is 18.6 Å². The van der Waals surface area contributed by atoms with Crippen LogP contribution in [-0.2, 0) is 13.0 Å². The molecule has 0 saturated carbocycles. The van der Waals surface area contributed by atoms with Gasteiger partial charge in [0.05, 0.1) is 0 Å². The van der Waals surface area contributed by atoms with Crippen molar-refractivity contribution in [2.24, 2.45) is 5.73 Å². The Kier molecular flexibility index (Phi) is 5.54. The number of rotatable bonds is 7. The lowest BCUT2D eigenvalue weighted by Gasteiger charge is -2.38. The van der Waals surface area contributed by atoms with Crippen molar-refractivity contribution in [3.05, 3.63) is 71.8 Å². The van der Waals surface area contributed by atoms with Gasteiger partial charge in [0.1, 0.15) is 0 Å². The molecule has 0 heterocycles. The number of benzene rings is 2. The number of nitrogens with zero attached hydrogens (tertiary/aromatic N) is 1. The minimum atomic E-state index is 0.0195. The molecule has 2 nitrogen and oxygen atoms in total. The zero-order chi connectivity index (χ0) is 15.1. The second-order valence-electron chi connectivity index (χ2n) is 6.03. The lowest BCUT2D eigenvalue weighted by atomic mass is 9.91. The molecular formula is C19H26N2. The molecule has 2 rings (SSSR count). The molecule has 0 fully saturated rings. The van der Waals surface area contributed by atoms with Crippen LogP contribution in [0.3, 0.4) is 0 Å². The van der Waals surface area contributed by atoms with Gasteiger partial charge in [-0.2, -0.15) is 0 Å². The standard InChI is InChI=1S/C19H26N2/c1-19(16-20,14-13-17-9-5-3-6-10-17)21(2)15-18-11-7-4-8-12-18/h3-12H,13-16,20H2,1-2H3. The van der Waals surface area contributed by atoms with Gasteiger partial charge in [-0.25, -0.2) is 0 Å². The van der Waals surface area contributed by atoms with E-state index in [1.54, 1.807) is 0 Å². The zero-order valence-electron chi connectivity index (χ0n) is 13.1. The van der Waals surface area contributed by atoms with Crippen LogP contribution in [0.5, 0.6) is 0 Å². The van der Waals surface area contributed by atoms with E-state index >= 15 is 0 Å². The molecule has 1 atom stereocenters. The molecule has 0 bridgehead atoms. The third kappa shape index (κ3) is 4.42. The summed E-state index contributed by atoms with van der Waals surface area (Å²) in [6.45, 7) is 3.87. The van der Waals surface area contributed by atoms with Gasteiger partial charge in [-0.1, -0.05) is 60.7 Å². The Labute approximate surface area is 128 Å². The van der Waals surface area contributed by atoms with Crippen molar-refractivity contribution in [3.63, 3.8) is 0 Å². The van der Waals surface area contributed by atoms with Gasteiger partial charge in [0.15, 0.2) is 0 Å². The second-order valence-corrected chi connectivity index (χ2v) is 6.03. The van der Waals surface area contributed by atoms with Gasteiger partial charge in [-0.15, -0.1) is 0 Å². The van der Waals surface area contributed by atoms with Crippen molar-refractivity contribution in [1.82, 2.24) is 4.90 Å². The van der Waals surface area contributed by atoms with Gasteiger partial charge >= 0.3 is 0 Å². The topological polar surface area (TPSA) is 29.3 Å². The summed E-state index contributed by atoms with van der Waals surface area (Å²) in [6.07, 6.45) is 2.13. The first kappa shape index (κ1) is 15.7. The highest BCUT2D eigenvalue weighted by Gasteiger charge is 2.27. The number of hydrogen-bond acceptors (Lipinski definition) is 2. The maximum Gasteiger partial charge on any atom is 0.0307 e. The zero-order valence-corrected chi connectivity index (χ0v) is 13.1. The molecule has 0 spiro atoms. The third-order valence-electron chi connectivity index (χ3n) is 4.42. The molecule has 2 aromatic rings. The summed E-state index contributed by atoms with van der Waals surface area (Å²) in [4.78, 5) is 2.38. The molecule has 0 saturated heterocycles. The SMILES string of the molecule is CN(Cc1ccccc1)C(C)(CN)CCc1ccccc1. The number of aryl methyl sites for hydroxylation is 1. The minimum Gasteiger partial charge on any atom is -0.329 e. The monoisotopic (exact) mass is 282 g/mol. The highest BCUT2D eigenvalue weighted by Crippen LogP contribution is 2.21. The second kappa shape index (κ2) is 7.39. The highest BCUT2D eigenvalue weighted by atomic mass is 15.2. The summed E-state index contributed by atoms with van der Waals surface area (Å²) in [5.41, 5.74) is 8.82. The smallest absolute Gasteiger partial charge is 0.0307 e. The van der Waals surface area contributed by atoms with Crippen LogP contribution in [0.15, 0.2) is 60.7 Å². The third-order valence-corrected chi connectivity index (χ3v) is 4.42. The van der Waals surface area contributed by atoms with E-state index in [0.717, 1.165) is 19.4 Å². The van der Waals surface area contributed by atoms with E-state index < -0.39 is 0 Å². The fourth-order valence-corrected chi connectivity index (χ4v) is 2.56. The average molecular weight is 282 g/mol. The molecule has 0 aromatic heterocycles. The Hall–Kier alpha value is -1.64. The lowest BCUT2D eigenvalue weighted by Crippen LogP contribution is -2.49. The van der Waals surface area contributed by atoms with Crippen LogP contribution >= 0.6 is 0 Å². The predicted molar refractivity (Wildman–Crippen MR) is 90.1 cm³/mol. The molecule has 2 N–H and O–H groups in total. The van der Waals surface area contributed by atoms with Crippen LogP contribution in [0.1, 0.15) is 24.5 Å². The summed E-state index contributed by atoms with van der Waals surface area (Å²) in [7, 11) is 2.17. The van der Waals surface area contributed by atoms with Crippen LogP contribution < -0.4 is 5.73 Å². The fraction of sp³-hybridized carbons (Fsp3) is 0.368. The molecule has 0 aliphatic rings. The van der Waals surface area contributed by atoms with E-state index in [1.165, 1.54) is 11.1 Å². The molecule has 21 heavy (non-hydrogen) atoms. The molecule has 0 radical (unpaired) electrons. The van der Waals surface area contributed by atoms with Crippen molar-refractivity contribution in [1.29, 1.82) is 0 Å². The fourth-order valence-electron chi connectivity index (χ4n) is 2.56. The molecule has 112 valence electrons. The van der Waals surface area contributed by atoms with Crippen molar-refractivity contribution >= 4 is 0 Å². The van der Waals surface area contributed by atoms with E-state index in [2.05, 4.69) is 79.5 Å². The van der Waals surface area contributed by atoms with Gasteiger partial charge in [-0.3, -0.25) is 4.90 Å². The quantitative estimate of drug-likeness (QED) is 0.842. The summed E-state index contributed by atoms with van der Waals surface area (Å²) in [5.74, 6) is 0. The first-order valence-electron chi connectivity index (χ1n) is 7.63. The van der Waals surface area contributed by atoms with Crippen LogP contribution in [-0.4, -0.2) is 24.0 Å². The molecular weight excluding hydrogens is 256 g/mol. The molecule has 0 aliphatic carbocycles. The number of nitrogens with two attached hydrogens (primary N) is 1. The summed E-state index contributed by atoms with van der Waals surface area (Å²) in [5, 5.41) is 0. The highest BCUT2D eigenvalue weighted by molar-refractivity contribution is 5.16. The average Bonchev–Trinajstić information content (AvgIpc) is 2.54. The van der Waals surface area contributed by atoms with Crippen LogP contribution in [0, 0.1) is 0 Å². The molecule has 0 amide bonds. The normalized spacial score (nSPS) is 14.1. The van der Waals surface area contributed by atoms with E-state index in [1.807, 2.05) is 0 Å². The van der Waals surface area contributed by atoms with Crippen molar-refractivity contribution in [3.8, 4) is 0 Å². The van der Waals surface area contributed by atoms with Crippen molar-refractivity contribution in [2.75, 3.05) is 13.6 Å². The van der Waals surface area contributed by atoms with Gasteiger partial charge in [0.25, 0.3) is 0 Å². The van der Waals surface area contributed by atoms with Gasteiger partial charge < -0.3 is 5.73 Å². The largest absolute Gasteiger partial charge is 0.329 e. The van der Waals surface area contributed by atoms with Crippen LogP contribution in [0.2, 0.25) is 0 Å². The first-order chi connectivity index (χ1) is 10.1. The molecule has 2 aromatic carbocycles. The van der Waals surface area contributed by atoms with Gasteiger partial charge in [0.2, 0.25) is 0 Å². The van der Waals surface area contributed by atoms with Gasteiger partial charge in [-0.05, 0) is 37.9 Å². The first-order valence-corrected chi connectivity index (χ1v) is 7.63. The van der Waals surface area contributed by atoms with E-state index in [9.17, 15) is 0 Å². The van der Waals surface area contributed by atoms with E-state index in [-0.39, 0.29) is 5.54 Å². The Balaban J connectivity index is 1.99. The predicted octanol–water partition coefficient (Wildman–Crippen LogP) is 3.47. The summed E-state index contributed by atoms with van der Waals surface area (Å²) >= 11 is 0. The Morgan fingerprint density at radius 3 is 1.95 bits per heavy atom. The van der Waals surface area contributed by atoms with Crippen molar-refractivity contribution in [2.45, 2.75) is 31.8 Å². The van der Waals surface area contributed by atoms with Crippen LogP contribution in [0.25, 0.3) is 0 Å². The van der Waals surface area contributed by atoms with E-state index in [0.29, 0.717) is 6.54 Å². The minimum absolute atomic E-state index is 0.0195. The Morgan fingerprint density at radius 2 is 1.43 bits per heavy atom. The summed E-state index contributed by atoms with van der Waals surface area (Å²) < 4.78 is 0. The molecule has 2 heteroatoms. The summed E-state index contributed by atoms with van der Waals surface area (Å²) in [6, 6.07) is 21.2. The number of likely N-dealkylation sites (N-methyl/N-ethyl adjacent to an activating group) is 1. The lowest BCUT2D eigenvalue weighted by molar-refractivity contribution is 0.126. The van der Waals surface area contributed by atoms with E-state index in [4.69, 9.17) is 5.73 Å². The Morgan fingerprint density at radius 1 is 0.905 bits per heavy atom. The van der Waals surface area contributed by atoms with Crippen molar-refractivity contribution < 1.29 is 0 Å². The number of hydrogen-bond donors (Lipinski definition) is 1. The Bertz CT molecular complexity index is 524.